The number of hydrogen-bond acceptors (Lipinski definition) is 10. The summed E-state index contributed by atoms with van der Waals surface area (Å²) in [6.45, 7) is 4.76. The van der Waals surface area contributed by atoms with Crippen molar-refractivity contribution in [3.8, 4) is 0 Å². The zero-order valence-corrected chi connectivity index (χ0v) is 50.5. The monoisotopic (exact) mass is 1200 g/mol. The van der Waals surface area contributed by atoms with Crippen molar-refractivity contribution >= 4 is 59.0 Å². The van der Waals surface area contributed by atoms with Gasteiger partial charge in [0.1, 0.15) is 6.04 Å². The molecule has 0 spiro atoms. The number of benzene rings is 6. The SMILES string of the molecule is CC(C)CCN(C(=O)N[C@@H](Cc1ccc(C(=O)c2ccccc2)cc1)C(=O)NCCCCCNC(=O)CCCC[C@@H]1SC[C@@H]2NC(=O)N[C@@H]21)C(=O)[C@H](Cc1ccccc1)C[C@@H](O)[C@H](Cc1ccccc1)NC(=O)c1ccc(C(=O)c2ccccc2)cc1. The van der Waals surface area contributed by atoms with E-state index in [-0.39, 0.29) is 85.8 Å². The van der Waals surface area contributed by atoms with Gasteiger partial charge in [-0.1, -0.05) is 178 Å². The summed E-state index contributed by atoms with van der Waals surface area (Å²) >= 11 is 1.86. The second-order valence-corrected chi connectivity index (χ2v) is 24.3. The van der Waals surface area contributed by atoms with Crippen LogP contribution in [0.1, 0.15) is 131 Å². The summed E-state index contributed by atoms with van der Waals surface area (Å²) in [7, 11) is 0. The van der Waals surface area contributed by atoms with Crippen molar-refractivity contribution in [3.63, 3.8) is 0 Å². The number of rotatable bonds is 32. The van der Waals surface area contributed by atoms with E-state index in [0.29, 0.717) is 71.7 Å². The van der Waals surface area contributed by atoms with E-state index in [4.69, 9.17) is 0 Å². The van der Waals surface area contributed by atoms with Crippen LogP contribution in [-0.2, 0) is 33.6 Å². The molecule has 0 bridgehead atoms. The number of unbranched alkanes of at least 4 members (excludes halogenated alkanes) is 3. The van der Waals surface area contributed by atoms with Crippen LogP contribution >= 0.6 is 11.8 Å². The second kappa shape index (κ2) is 32.9. The average molecular weight is 1200 g/mol. The third-order valence-corrected chi connectivity index (χ3v) is 17.5. The van der Waals surface area contributed by atoms with Crippen molar-refractivity contribution in [2.45, 2.75) is 126 Å². The maximum atomic E-state index is 15.3. The maximum Gasteiger partial charge on any atom is 0.324 e. The first kappa shape index (κ1) is 64.6. The van der Waals surface area contributed by atoms with Gasteiger partial charge in [0.15, 0.2) is 11.6 Å². The molecule has 87 heavy (non-hydrogen) atoms. The van der Waals surface area contributed by atoms with E-state index in [0.717, 1.165) is 41.0 Å². The van der Waals surface area contributed by atoms with E-state index in [9.17, 15) is 38.7 Å². The fraction of sp³-hybridized carbons (Fsp3) is 0.371. The Balaban J connectivity index is 0.941. The van der Waals surface area contributed by atoms with Crippen LogP contribution in [0.3, 0.4) is 0 Å². The topological polar surface area (TPSA) is 232 Å². The standard InChI is InChI=1S/C70H81N7O9S/c1-47(2)38-41-77(68(84)56(42-48-20-8-3-9-21-48)45-60(78)57(43-49-22-10-4-11-23-49)73-66(82)55-36-34-54(35-37-55)65(81)52-26-14-6-15-27-52)70(86)75-58(44-50-30-32-53(33-31-50)64(80)51-24-12-5-13-25-51)67(83)72-40-19-7-18-39-71-62(79)29-17-16-28-61-63-59(46-87-61)74-69(85)76-63/h3-6,8-15,20-27,30-37,47,56-61,63,78H,7,16-19,28-29,38-46H2,1-2H3,(H,71,79)(H,72,83)(H,73,82)(H,75,86)(H2,74,76,85)/t56-,57+,58+,59+,60-,61+,63+/m1/s1. The number of nitrogens with zero attached hydrogens (tertiary/aromatic N) is 1. The van der Waals surface area contributed by atoms with Crippen LogP contribution in [0.2, 0.25) is 0 Å². The van der Waals surface area contributed by atoms with Gasteiger partial charge < -0.3 is 37.0 Å². The summed E-state index contributed by atoms with van der Waals surface area (Å²) in [5, 5.41) is 30.7. The minimum Gasteiger partial charge on any atom is -0.391 e. The van der Waals surface area contributed by atoms with Crippen LogP contribution in [0.4, 0.5) is 9.59 Å². The van der Waals surface area contributed by atoms with Gasteiger partial charge in [-0.2, -0.15) is 11.8 Å². The highest BCUT2D eigenvalue weighted by Gasteiger charge is 2.42. The number of ketones is 2. The van der Waals surface area contributed by atoms with Gasteiger partial charge in [-0.15, -0.1) is 0 Å². The normalized spacial score (nSPS) is 16.5. The lowest BCUT2D eigenvalue weighted by molar-refractivity contribution is -0.134. The van der Waals surface area contributed by atoms with Crippen molar-refractivity contribution in [2.75, 3.05) is 25.4 Å². The van der Waals surface area contributed by atoms with Gasteiger partial charge in [0.2, 0.25) is 17.7 Å². The zero-order chi connectivity index (χ0) is 61.5. The summed E-state index contributed by atoms with van der Waals surface area (Å²) in [5.74, 6) is -1.88. The third-order valence-electron chi connectivity index (χ3n) is 16.0. The lowest BCUT2D eigenvalue weighted by Crippen LogP contribution is -2.55. The second-order valence-electron chi connectivity index (χ2n) is 23.1. The molecule has 2 aliphatic rings. The average Bonchev–Trinajstić information content (AvgIpc) is 2.87. The highest BCUT2D eigenvalue weighted by molar-refractivity contribution is 8.00. The van der Waals surface area contributed by atoms with Crippen molar-refractivity contribution in [1.29, 1.82) is 0 Å². The van der Waals surface area contributed by atoms with Gasteiger partial charge in [-0.3, -0.25) is 33.7 Å². The molecule has 0 aliphatic carbocycles. The van der Waals surface area contributed by atoms with Gasteiger partial charge >= 0.3 is 12.1 Å². The van der Waals surface area contributed by atoms with Crippen LogP contribution in [0.5, 0.6) is 0 Å². The number of aliphatic hydroxyl groups excluding tert-OH is 1. The highest BCUT2D eigenvalue weighted by atomic mass is 32.2. The molecule has 6 aromatic rings. The van der Waals surface area contributed by atoms with Crippen molar-refractivity contribution in [1.82, 2.24) is 36.8 Å². The molecule has 16 nitrogen and oxygen atoms in total. The van der Waals surface area contributed by atoms with E-state index in [1.54, 1.807) is 97.1 Å². The Bertz CT molecular complexity index is 3230. The number of imide groups is 1. The smallest absolute Gasteiger partial charge is 0.324 e. The van der Waals surface area contributed by atoms with Crippen molar-refractivity contribution in [2.24, 2.45) is 11.8 Å². The van der Waals surface area contributed by atoms with Gasteiger partial charge in [-0.05, 0) is 92.5 Å². The molecule has 17 heteroatoms. The number of aliphatic hydroxyl groups is 1. The maximum absolute atomic E-state index is 15.3. The minimum absolute atomic E-state index is 0.00928. The van der Waals surface area contributed by atoms with Crippen molar-refractivity contribution in [3.05, 3.63) is 214 Å². The lowest BCUT2D eigenvalue weighted by atomic mass is 9.88. The molecule has 0 unspecified atom stereocenters. The number of amides is 8. The molecule has 7 atom stereocenters. The van der Waals surface area contributed by atoms with Crippen LogP contribution in [0, 0.1) is 11.8 Å². The van der Waals surface area contributed by atoms with Crippen LogP contribution in [0.25, 0.3) is 0 Å². The molecule has 2 aliphatic heterocycles. The fourth-order valence-electron chi connectivity index (χ4n) is 11.0. The number of hydrogen-bond donors (Lipinski definition) is 7. The number of carbonyl (C=O) groups is 8. The summed E-state index contributed by atoms with van der Waals surface area (Å²) in [6.07, 6.45) is 4.41. The summed E-state index contributed by atoms with van der Waals surface area (Å²) < 4.78 is 0. The summed E-state index contributed by atoms with van der Waals surface area (Å²) in [5.41, 5.74) is 4.46. The van der Waals surface area contributed by atoms with E-state index in [1.165, 1.54) is 0 Å². The number of carbonyl (C=O) groups excluding carboxylic acids is 8. The molecule has 456 valence electrons. The first-order valence-electron chi connectivity index (χ1n) is 30.5. The van der Waals surface area contributed by atoms with Gasteiger partial charge in [0.05, 0.1) is 24.2 Å². The fourth-order valence-corrected chi connectivity index (χ4v) is 12.6. The van der Waals surface area contributed by atoms with E-state index in [1.807, 2.05) is 98.4 Å². The Morgan fingerprint density at radius 1 is 0.586 bits per heavy atom. The van der Waals surface area contributed by atoms with Gasteiger partial charge in [0, 0.05) is 77.2 Å². The molecule has 2 fully saturated rings. The lowest BCUT2D eigenvalue weighted by Gasteiger charge is -2.31. The largest absolute Gasteiger partial charge is 0.391 e. The molecule has 8 amide bonds. The van der Waals surface area contributed by atoms with Crippen molar-refractivity contribution < 1.29 is 43.5 Å². The van der Waals surface area contributed by atoms with Gasteiger partial charge in [0.25, 0.3) is 5.91 Å². The molecule has 8 rings (SSSR count). The predicted octanol–water partition coefficient (Wildman–Crippen LogP) is 9.42. The Hall–Kier alpha value is -8.41. The predicted molar refractivity (Wildman–Crippen MR) is 339 cm³/mol. The molecular formula is C70H81N7O9S. The number of fused-ring (bicyclic) bond motifs is 1. The summed E-state index contributed by atoms with van der Waals surface area (Å²) in [4.78, 5) is 111. The third kappa shape index (κ3) is 19.5. The first-order valence-corrected chi connectivity index (χ1v) is 31.5. The van der Waals surface area contributed by atoms with E-state index < -0.39 is 47.9 Å². The molecule has 2 heterocycles. The highest BCUT2D eigenvalue weighted by Crippen LogP contribution is 2.33. The Morgan fingerprint density at radius 2 is 1.11 bits per heavy atom. The molecule has 0 saturated carbocycles. The quantitative estimate of drug-likeness (QED) is 0.0120. The Labute approximate surface area is 514 Å². The molecular weight excluding hydrogens is 1110 g/mol. The van der Waals surface area contributed by atoms with Crippen LogP contribution in [-0.4, -0.2) is 118 Å². The molecule has 2 saturated heterocycles. The number of thioether (sulfide) groups is 1. The molecule has 6 aromatic carbocycles. The zero-order valence-electron chi connectivity index (χ0n) is 49.7. The first-order chi connectivity index (χ1) is 42.2. The number of nitrogens with one attached hydrogen (secondary N) is 6. The Morgan fingerprint density at radius 3 is 1.71 bits per heavy atom. The number of urea groups is 2. The van der Waals surface area contributed by atoms with Gasteiger partial charge in [-0.25, -0.2) is 9.59 Å². The molecule has 0 aromatic heterocycles. The minimum atomic E-state index is -1.30. The molecule has 0 radical (unpaired) electrons. The molecule has 7 N–H and O–H groups in total. The van der Waals surface area contributed by atoms with E-state index >= 15 is 4.79 Å². The van der Waals surface area contributed by atoms with Crippen LogP contribution in [0.15, 0.2) is 170 Å². The van der Waals surface area contributed by atoms with E-state index in [2.05, 4.69) is 31.9 Å². The summed E-state index contributed by atoms with van der Waals surface area (Å²) in [6, 6.07) is 47.0. The Kier molecular flexibility index (Phi) is 24.4. The van der Waals surface area contributed by atoms with Crippen LogP contribution < -0.4 is 31.9 Å².